The van der Waals surface area contributed by atoms with Crippen LogP contribution in [0.5, 0.6) is 0 Å². The molecule has 0 aliphatic rings. The summed E-state index contributed by atoms with van der Waals surface area (Å²) in [4.78, 5) is 0. The molecule has 0 aromatic heterocycles. The normalized spacial score (nSPS) is 14.7. The highest BCUT2D eigenvalue weighted by atomic mass is 32.2. The predicted octanol–water partition coefficient (Wildman–Crippen LogP) is 6.90. The summed E-state index contributed by atoms with van der Waals surface area (Å²) in [6.07, 6.45) is 18.9. The molecule has 0 aliphatic carbocycles. The maximum absolute atomic E-state index is 11.0. The van der Waals surface area contributed by atoms with E-state index in [0.29, 0.717) is 0 Å². The van der Waals surface area contributed by atoms with Crippen molar-refractivity contribution in [2.75, 3.05) is 12.0 Å². The van der Waals surface area contributed by atoms with Gasteiger partial charge in [-0.1, -0.05) is 46.6 Å². The van der Waals surface area contributed by atoms with Gasteiger partial charge in [0.2, 0.25) is 0 Å². The SMILES string of the molecule is CC(C)=CCCC(C)=CCCC(C)=CCCC(C)=CCCS(C)=O. The summed E-state index contributed by atoms with van der Waals surface area (Å²) in [5.74, 6) is 0.783. The van der Waals surface area contributed by atoms with Crippen LogP contribution in [0.2, 0.25) is 0 Å². The first-order chi connectivity index (χ1) is 11.3. The quantitative estimate of drug-likeness (QED) is 0.350. The Labute approximate surface area is 153 Å². The molecule has 0 heterocycles. The second-order valence-electron chi connectivity index (χ2n) is 7.11. The Morgan fingerprint density at radius 2 is 1.04 bits per heavy atom. The molecule has 1 unspecified atom stereocenters. The lowest BCUT2D eigenvalue weighted by Crippen LogP contribution is -1.91. The largest absolute Gasteiger partial charge is 0.260 e. The van der Waals surface area contributed by atoms with Gasteiger partial charge in [-0.25, -0.2) is 0 Å². The van der Waals surface area contributed by atoms with Gasteiger partial charge in [0.15, 0.2) is 0 Å². The summed E-state index contributed by atoms with van der Waals surface area (Å²) in [6, 6.07) is 0. The van der Waals surface area contributed by atoms with Crippen molar-refractivity contribution < 1.29 is 4.21 Å². The molecule has 0 saturated heterocycles. The van der Waals surface area contributed by atoms with Gasteiger partial charge in [0.1, 0.15) is 0 Å². The van der Waals surface area contributed by atoms with Crippen LogP contribution in [0.1, 0.15) is 79.6 Å². The van der Waals surface area contributed by atoms with Gasteiger partial charge in [-0.15, -0.1) is 0 Å². The number of rotatable bonds is 12. The molecule has 1 atom stereocenters. The van der Waals surface area contributed by atoms with Crippen molar-refractivity contribution in [3.05, 3.63) is 46.6 Å². The Morgan fingerprint density at radius 3 is 1.42 bits per heavy atom. The molecule has 0 saturated carbocycles. The Kier molecular flexibility index (Phi) is 13.9. The molecule has 0 rings (SSSR count). The minimum absolute atomic E-state index is 0.673. The van der Waals surface area contributed by atoms with Gasteiger partial charge in [0, 0.05) is 22.8 Å². The summed E-state index contributed by atoms with van der Waals surface area (Å²) in [5.41, 5.74) is 5.83. The van der Waals surface area contributed by atoms with Gasteiger partial charge < -0.3 is 0 Å². The van der Waals surface area contributed by atoms with Gasteiger partial charge in [0.05, 0.1) is 0 Å². The second-order valence-corrected chi connectivity index (χ2v) is 8.67. The molecule has 0 radical (unpaired) electrons. The third-order valence-corrected chi connectivity index (χ3v) is 4.86. The van der Waals surface area contributed by atoms with Crippen LogP contribution in [0, 0.1) is 0 Å². The first-order valence-electron chi connectivity index (χ1n) is 9.21. The molecule has 2 heteroatoms. The lowest BCUT2D eigenvalue weighted by Gasteiger charge is -2.02. The van der Waals surface area contributed by atoms with E-state index in [4.69, 9.17) is 0 Å². The third-order valence-electron chi connectivity index (χ3n) is 4.05. The average Bonchev–Trinajstić information content (AvgIpc) is 2.46. The van der Waals surface area contributed by atoms with E-state index >= 15 is 0 Å². The second kappa shape index (κ2) is 14.5. The van der Waals surface area contributed by atoms with E-state index in [1.807, 2.05) is 0 Å². The molecule has 138 valence electrons. The van der Waals surface area contributed by atoms with E-state index in [1.165, 1.54) is 28.7 Å². The maximum atomic E-state index is 11.0. The fraction of sp³-hybridized carbons (Fsp3) is 0.636. The summed E-state index contributed by atoms with van der Waals surface area (Å²) in [5, 5.41) is 0. The van der Waals surface area contributed by atoms with Gasteiger partial charge in [0.25, 0.3) is 0 Å². The Bertz CT molecular complexity index is 488. The molecule has 0 fully saturated rings. The van der Waals surface area contributed by atoms with Crippen molar-refractivity contribution >= 4 is 10.8 Å². The summed E-state index contributed by atoms with van der Waals surface area (Å²) in [6.45, 7) is 11.0. The van der Waals surface area contributed by atoms with Crippen LogP contribution >= 0.6 is 0 Å². The van der Waals surface area contributed by atoms with E-state index in [-0.39, 0.29) is 0 Å². The Balaban J connectivity index is 3.98. The number of hydrogen-bond acceptors (Lipinski definition) is 1. The molecule has 0 N–H and O–H groups in total. The van der Waals surface area contributed by atoms with Gasteiger partial charge in [-0.2, -0.15) is 0 Å². The van der Waals surface area contributed by atoms with Crippen molar-refractivity contribution in [1.29, 1.82) is 0 Å². The van der Waals surface area contributed by atoms with Crippen LogP contribution in [0.15, 0.2) is 46.6 Å². The van der Waals surface area contributed by atoms with Crippen LogP contribution in [0.4, 0.5) is 0 Å². The standard InChI is InChI=1S/C22H38OS/c1-19(2)11-7-12-20(3)13-8-14-21(4)15-9-16-22(5)17-10-18-24(6)23/h11,13,15,17H,7-10,12,14,16,18H2,1-6H3. The molecule has 1 nitrogen and oxygen atoms in total. The maximum Gasteiger partial charge on any atom is 0.0266 e. The van der Waals surface area contributed by atoms with Crippen molar-refractivity contribution in [2.45, 2.75) is 79.6 Å². The molecule has 0 spiro atoms. The van der Waals surface area contributed by atoms with Crippen molar-refractivity contribution in [1.82, 2.24) is 0 Å². The van der Waals surface area contributed by atoms with E-state index in [0.717, 1.165) is 44.3 Å². The lowest BCUT2D eigenvalue weighted by atomic mass is 10.0. The molecule has 0 bridgehead atoms. The monoisotopic (exact) mass is 350 g/mol. The average molecular weight is 351 g/mol. The lowest BCUT2D eigenvalue weighted by molar-refractivity contribution is 0.686. The minimum atomic E-state index is -0.673. The highest BCUT2D eigenvalue weighted by Gasteiger charge is 1.94. The topological polar surface area (TPSA) is 17.1 Å². The molecule has 0 aromatic carbocycles. The van der Waals surface area contributed by atoms with Crippen LogP contribution in [-0.2, 0) is 10.8 Å². The third kappa shape index (κ3) is 16.0. The zero-order valence-corrected chi connectivity index (χ0v) is 17.6. The van der Waals surface area contributed by atoms with Crippen molar-refractivity contribution in [3.63, 3.8) is 0 Å². The molecule has 0 aliphatic heterocycles. The summed E-state index contributed by atoms with van der Waals surface area (Å²) < 4.78 is 11.0. The first-order valence-corrected chi connectivity index (χ1v) is 10.9. The smallest absolute Gasteiger partial charge is 0.0266 e. The number of hydrogen-bond donors (Lipinski definition) is 0. The molecule has 0 amide bonds. The molecule has 24 heavy (non-hydrogen) atoms. The van der Waals surface area contributed by atoms with E-state index < -0.39 is 10.8 Å². The van der Waals surface area contributed by atoms with Crippen LogP contribution < -0.4 is 0 Å². The fourth-order valence-electron chi connectivity index (χ4n) is 2.46. The van der Waals surface area contributed by atoms with Crippen LogP contribution in [0.25, 0.3) is 0 Å². The predicted molar refractivity (Wildman–Crippen MR) is 112 cm³/mol. The van der Waals surface area contributed by atoms with Crippen molar-refractivity contribution in [2.24, 2.45) is 0 Å². The highest BCUT2D eigenvalue weighted by Crippen LogP contribution is 2.13. The number of allylic oxidation sites excluding steroid dienone is 8. The van der Waals surface area contributed by atoms with Gasteiger partial charge in [-0.3, -0.25) is 4.21 Å². The zero-order valence-electron chi connectivity index (χ0n) is 16.8. The molecular formula is C22H38OS. The highest BCUT2D eigenvalue weighted by molar-refractivity contribution is 7.84. The van der Waals surface area contributed by atoms with Crippen LogP contribution in [-0.4, -0.2) is 16.2 Å². The minimum Gasteiger partial charge on any atom is -0.260 e. The van der Waals surface area contributed by atoms with E-state index in [1.54, 1.807) is 6.26 Å². The molecule has 0 aromatic rings. The van der Waals surface area contributed by atoms with Crippen molar-refractivity contribution in [3.8, 4) is 0 Å². The Morgan fingerprint density at radius 1 is 0.667 bits per heavy atom. The fourth-order valence-corrected chi connectivity index (χ4v) is 2.91. The Hall–Kier alpha value is -0.890. The summed E-state index contributed by atoms with van der Waals surface area (Å²) in [7, 11) is -0.673. The van der Waals surface area contributed by atoms with Gasteiger partial charge >= 0.3 is 0 Å². The molecular weight excluding hydrogens is 312 g/mol. The van der Waals surface area contributed by atoms with Gasteiger partial charge in [-0.05, 0) is 79.6 Å². The van der Waals surface area contributed by atoms with Crippen LogP contribution in [0.3, 0.4) is 0 Å². The first kappa shape index (κ1) is 23.1. The van der Waals surface area contributed by atoms with E-state index in [9.17, 15) is 4.21 Å². The summed E-state index contributed by atoms with van der Waals surface area (Å²) >= 11 is 0. The zero-order chi connectivity index (χ0) is 18.4. The van der Waals surface area contributed by atoms with E-state index in [2.05, 4.69) is 58.9 Å².